The van der Waals surface area contributed by atoms with Crippen molar-refractivity contribution in [3.8, 4) is 0 Å². The van der Waals surface area contributed by atoms with Gasteiger partial charge in [0, 0.05) is 6.42 Å². The monoisotopic (exact) mass is 293 g/mol. The van der Waals surface area contributed by atoms with Gasteiger partial charge in [-0.25, -0.2) is 0 Å². The molecule has 0 aromatic heterocycles. The van der Waals surface area contributed by atoms with Crippen molar-refractivity contribution < 1.29 is 34.6 Å². The summed E-state index contributed by atoms with van der Waals surface area (Å²) in [5, 5.41) is 38.3. The van der Waals surface area contributed by atoms with Crippen LogP contribution < -0.4 is 5.73 Å². The molecule has 2 rings (SSSR count). The smallest absolute Gasteiger partial charge is 0.184 e. The van der Waals surface area contributed by atoms with E-state index in [0.717, 1.165) is 0 Å². The molecule has 2 heterocycles. The van der Waals surface area contributed by atoms with Crippen LogP contribution >= 0.6 is 0 Å². The fraction of sp³-hybridized carbons (Fsp3) is 1.00. The number of aliphatic hydroxyl groups is 4. The Morgan fingerprint density at radius 1 is 1.25 bits per heavy atom. The minimum Gasteiger partial charge on any atom is -0.394 e. The third-order valence-electron chi connectivity index (χ3n) is 3.83. The molecule has 0 amide bonds. The molecule has 0 radical (unpaired) electrons. The lowest BCUT2D eigenvalue weighted by atomic mass is 9.99. The molecule has 118 valence electrons. The number of aliphatic hydroxyl groups excluding tert-OH is 4. The molecular weight excluding hydrogens is 270 g/mol. The predicted octanol–water partition coefficient (Wildman–Crippen LogP) is -2.34. The van der Waals surface area contributed by atoms with E-state index in [1.807, 2.05) is 6.92 Å². The SMILES string of the molecule is CCC1CC(O)C(N)C(OC2C(CO)OC(O)C2O)O1. The van der Waals surface area contributed by atoms with Crippen molar-refractivity contribution in [1.82, 2.24) is 0 Å². The van der Waals surface area contributed by atoms with Crippen LogP contribution in [0.2, 0.25) is 0 Å². The molecule has 2 aliphatic heterocycles. The summed E-state index contributed by atoms with van der Waals surface area (Å²) in [7, 11) is 0. The summed E-state index contributed by atoms with van der Waals surface area (Å²) in [4.78, 5) is 0. The molecule has 0 aromatic carbocycles. The first-order valence-electron chi connectivity index (χ1n) is 6.85. The molecule has 20 heavy (non-hydrogen) atoms. The van der Waals surface area contributed by atoms with Crippen LogP contribution in [0.25, 0.3) is 0 Å². The molecule has 2 saturated heterocycles. The molecule has 8 unspecified atom stereocenters. The van der Waals surface area contributed by atoms with Gasteiger partial charge in [0.2, 0.25) is 0 Å². The average molecular weight is 293 g/mol. The molecule has 8 nitrogen and oxygen atoms in total. The second-order valence-electron chi connectivity index (χ2n) is 5.25. The lowest BCUT2D eigenvalue weighted by Crippen LogP contribution is -2.56. The highest BCUT2D eigenvalue weighted by Gasteiger charge is 2.47. The molecule has 0 spiro atoms. The highest BCUT2D eigenvalue weighted by molar-refractivity contribution is 4.90. The predicted molar refractivity (Wildman–Crippen MR) is 66.4 cm³/mol. The largest absolute Gasteiger partial charge is 0.394 e. The molecule has 8 atom stereocenters. The van der Waals surface area contributed by atoms with Crippen LogP contribution in [0.4, 0.5) is 0 Å². The maximum Gasteiger partial charge on any atom is 0.184 e. The van der Waals surface area contributed by atoms with Crippen LogP contribution in [0.15, 0.2) is 0 Å². The quantitative estimate of drug-likeness (QED) is 0.389. The van der Waals surface area contributed by atoms with Crippen LogP contribution in [0, 0.1) is 0 Å². The van der Waals surface area contributed by atoms with E-state index in [9.17, 15) is 15.3 Å². The van der Waals surface area contributed by atoms with Gasteiger partial charge in [0.25, 0.3) is 0 Å². The summed E-state index contributed by atoms with van der Waals surface area (Å²) in [5.74, 6) is 0. The molecule has 0 aromatic rings. The molecule has 0 saturated carbocycles. The molecule has 6 N–H and O–H groups in total. The second-order valence-corrected chi connectivity index (χ2v) is 5.25. The van der Waals surface area contributed by atoms with E-state index in [1.165, 1.54) is 0 Å². The van der Waals surface area contributed by atoms with E-state index < -0.39 is 49.6 Å². The highest BCUT2D eigenvalue weighted by atomic mass is 16.7. The van der Waals surface area contributed by atoms with Crippen molar-refractivity contribution in [1.29, 1.82) is 0 Å². The van der Waals surface area contributed by atoms with Gasteiger partial charge in [0.05, 0.1) is 24.9 Å². The fourth-order valence-electron chi connectivity index (χ4n) is 2.52. The Morgan fingerprint density at radius 2 is 1.95 bits per heavy atom. The zero-order valence-corrected chi connectivity index (χ0v) is 11.3. The van der Waals surface area contributed by atoms with Gasteiger partial charge in [-0.05, 0) is 6.42 Å². The van der Waals surface area contributed by atoms with Crippen molar-refractivity contribution in [2.24, 2.45) is 5.73 Å². The van der Waals surface area contributed by atoms with Gasteiger partial charge in [0.15, 0.2) is 12.6 Å². The van der Waals surface area contributed by atoms with Gasteiger partial charge in [-0.2, -0.15) is 0 Å². The summed E-state index contributed by atoms with van der Waals surface area (Å²) in [5.41, 5.74) is 5.84. The molecule has 0 aliphatic carbocycles. The lowest BCUT2D eigenvalue weighted by molar-refractivity contribution is -0.256. The summed E-state index contributed by atoms with van der Waals surface area (Å²) in [6.07, 6.45) is -5.32. The standard InChI is InChI=1S/C12H23NO7/c1-2-5-3-6(15)8(13)12(18-5)20-10-7(4-14)19-11(17)9(10)16/h5-12,14-17H,2-4,13H2,1H3. The van der Waals surface area contributed by atoms with Crippen LogP contribution in [-0.2, 0) is 14.2 Å². The molecule has 2 fully saturated rings. The second kappa shape index (κ2) is 6.63. The number of rotatable bonds is 4. The summed E-state index contributed by atoms with van der Waals surface area (Å²) >= 11 is 0. The van der Waals surface area contributed by atoms with E-state index in [0.29, 0.717) is 12.8 Å². The van der Waals surface area contributed by atoms with Gasteiger partial charge in [0.1, 0.15) is 18.3 Å². The Balaban J connectivity index is 2.03. The zero-order valence-electron chi connectivity index (χ0n) is 11.3. The Labute approximate surface area is 117 Å². The normalized spacial score (nSPS) is 49.5. The third-order valence-corrected chi connectivity index (χ3v) is 3.83. The summed E-state index contributed by atoms with van der Waals surface area (Å²) in [6.45, 7) is 1.50. The van der Waals surface area contributed by atoms with Crippen LogP contribution in [-0.4, -0.2) is 76.2 Å². The summed E-state index contributed by atoms with van der Waals surface area (Å²) in [6, 6.07) is -0.762. The van der Waals surface area contributed by atoms with E-state index in [1.54, 1.807) is 0 Å². The van der Waals surface area contributed by atoms with Crippen molar-refractivity contribution in [2.75, 3.05) is 6.61 Å². The number of hydrogen-bond donors (Lipinski definition) is 5. The number of ether oxygens (including phenoxy) is 3. The first kappa shape index (κ1) is 16.1. The topological polar surface area (TPSA) is 135 Å². The Hall–Kier alpha value is -0.320. The van der Waals surface area contributed by atoms with Crippen molar-refractivity contribution >= 4 is 0 Å². The van der Waals surface area contributed by atoms with Crippen molar-refractivity contribution in [2.45, 2.75) is 68.9 Å². The van der Waals surface area contributed by atoms with E-state index in [-0.39, 0.29) is 6.10 Å². The molecule has 2 aliphatic rings. The van der Waals surface area contributed by atoms with Gasteiger partial charge in [-0.1, -0.05) is 6.92 Å². The van der Waals surface area contributed by atoms with Crippen molar-refractivity contribution in [3.05, 3.63) is 0 Å². The number of nitrogens with two attached hydrogens (primary N) is 1. The number of hydrogen-bond acceptors (Lipinski definition) is 8. The first-order chi connectivity index (χ1) is 9.47. The van der Waals surface area contributed by atoms with Crippen molar-refractivity contribution in [3.63, 3.8) is 0 Å². The Kier molecular flexibility index (Phi) is 5.32. The fourth-order valence-corrected chi connectivity index (χ4v) is 2.52. The Morgan fingerprint density at radius 3 is 2.55 bits per heavy atom. The van der Waals surface area contributed by atoms with Crippen LogP contribution in [0.5, 0.6) is 0 Å². The molecule has 0 bridgehead atoms. The first-order valence-corrected chi connectivity index (χ1v) is 6.85. The van der Waals surface area contributed by atoms with E-state index >= 15 is 0 Å². The molecular formula is C12H23NO7. The van der Waals surface area contributed by atoms with Gasteiger partial charge < -0.3 is 40.4 Å². The minimum absolute atomic E-state index is 0.188. The molecule has 8 heteroatoms. The van der Waals surface area contributed by atoms with E-state index in [2.05, 4.69) is 0 Å². The lowest BCUT2D eigenvalue weighted by Gasteiger charge is -2.39. The van der Waals surface area contributed by atoms with Gasteiger partial charge in [-0.3, -0.25) is 0 Å². The highest BCUT2D eigenvalue weighted by Crippen LogP contribution is 2.28. The third kappa shape index (κ3) is 3.12. The Bertz CT molecular complexity index is 318. The maximum absolute atomic E-state index is 9.89. The maximum atomic E-state index is 9.89. The average Bonchev–Trinajstić information content (AvgIpc) is 2.71. The van der Waals surface area contributed by atoms with E-state index in [4.69, 9.17) is 25.1 Å². The minimum atomic E-state index is -1.43. The van der Waals surface area contributed by atoms with Gasteiger partial charge >= 0.3 is 0 Å². The summed E-state index contributed by atoms with van der Waals surface area (Å²) < 4.78 is 16.1. The zero-order chi connectivity index (χ0) is 14.9. The van der Waals surface area contributed by atoms with Crippen LogP contribution in [0.3, 0.4) is 0 Å². The van der Waals surface area contributed by atoms with Gasteiger partial charge in [-0.15, -0.1) is 0 Å². The van der Waals surface area contributed by atoms with Crippen LogP contribution in [0.1, 0.15) is 19.8 Å².